The predicted octanol–water partition coefficient (Wildman–Crippen LogP) is 2.23. The molecule has 1 aromatic carbocycles. The summed E-state index contributed by atoms with van der Waals surface area (Å²) in [5.41, 5.74) is 9.51. The highest BCUT2D eigenvalue weighted by molar-refractivity contribution is 7.99. The van der Waals surface area contributed by atoms with Crippen molar-refractivity contribution in [2.75, 3.05) is 11.5 Å². The minimum Gasteiger partial charge on any atom is -0.398 e. The number of aryl methyl sites for hydroxylation is 1. The zero-order valence-electron chi connectivity index (χ0n) is 6.55. The van der Waals surface area contributed by atoms with Crippen molar-refractivity contribution in [2.24, 2.45) is 0 Å². The van der Waals surface area contributed by atoms with E-state index in [1.807, 2.05) is 11.8 Å². The summed E-state index contributed by atoms with van der Waals surface area (Å²) in [6.45, 7) is 2.07. The molecule has 58 valence electrons. The number of fused-ring (bicyclic) bond motifs is 1. The number of nitrogen functional groups attached to an aromatic ring is 1. The molecular weight excluding hydrogens is 154 g/mol. The first kappa shape index (κ1) is 7.04. The quantitative estimate of drug-likeness (QED) is 0.596. The summed E-state index contributed by atoms with van der Waals surface area (Å²) in [7, 11) is 0. The molecule has 1 heterocycles. The largest absolute Gasteiger partial charge is 0.398 e. The third kappa shape index (κ3) is 1.02. The fourth-order valence-electron chi connectivity index (χ4n) is 1.42. The standard InChI is InChI=1S/C9H11NS/c1-6-2-3-8-7(9(6)10)4-5-11-8/h2-3H,4-5,10H2,1H3. The van der Waals surface area contributed by atoms with Crippen molar-refractivity contribution >= 4 is 17.4 Å². The van der Waals surface area contributed by atoms with Gasteiger partial charge in [0.2, 0.25) is 0 Å². The molecule has 0 unspecified atom stereocenters. The van der Waals surface area contributed by atoms with Crippen molar-refractivity contribution in [3.63, 3.8) is 0 Å². The van der Waals surface area contributed by atoms with E-state index in [-0.39, 0.29) is 0 Å². The Kier molecular flexibility index (Phi) is 1.57. The monoisotopic (exact) mass is 165 g/mol. The Bertz CT molecular complexity index is 294. The maximum Gasteiger partial charge on any atom is 0.0387 e. The fourth-order valence-corrected chi connectivity index (χ4v) is 2.49. The lowest BCUT2D eigenvalue weighted by molar-refractivity contribution is 1.14. The van der Waals surface area contributed by atoms with Crippen LogP contribution in [-0.4, -0.2) is 5.75 Å². The van der Waals surface area contributed by atoms with Gasteiger partial charge in [-0.2, -0.15) is 0 Å². The topological polar surface area (TPSA) is 26.0 Å². The highest BCUT2D eigenvalue weighted by atomic mass is 32.2. The van der Waals surface area contributed by atoms with Gasteiger partial charge >= 0.3 is 0 Å². The van der Waals surface area contributed by atoms with Crippen LogP contribution in [0.4, 0.5) is 5.69 Å². The number of anilines is 1. The van der Waals surface area contributed by atoms with Crippen LogP contribution in [0.5, 0.6) is 0 Å². The van der Waals surface area contributed by atoms with Crippen molar-refractivity contribution in [1.82, 2.24) is 0 Å². The Labute approximate surface area is 71.0 Å². The van der Waals surface area contributed by atoms with Gasteiger partial charge in [0.25, 0.3) is 0 Å². The zero-order valence-corrected chi connectivity index (χ0v) is 7.37. The molecule has 11 heavy (non-hydrogen) atoms. The van der Waals surface area contributed by atoms with Gasteiger partial charge in [-0.05, 0) is 30.5 Å². The number of hydrogen-bond donors (Lipinski definition) is 1. The maximum atomic E-state index is 5.92. The molecule has 0 saturated carbocycles. The lowest BCUT2D eigenvalue weighted by Crippen LogP contribution is -1.95. The summed E-state index contributed by atoms with van der Waals surface area (Å²) in [5, 5.41) is 0. The number of thioether (sulfide) groups is 1. The van der Waals surface area contributed by atoms with Gasteiger partial charge in [0, 0.05) is 16.3 Å². The number of rotatable bonds is 0. The van der Waals surface area contributed by atoms with E-state index in [0.717, 1.165) is 12.1 Å². The molecule has 1 nitrogen and oxygen atoms in total. The van der Waals surface area contributed by atoms with Crippen molar-refractivity contribution in [3.05, 3.63) is 23.3 Å². The summed E-state index contributed by atoms with van der Waals surface area (Å²) in [6.07, 6.45) is 1.15. The van der Waals surface area contributed by atoms with Gasteiger partial charge in [0.15, 0.2) is 0 Å². The summed E-state index contributed by atoms with van der Waals surface area (Å²) < 4.78 is 0. The summed E-state index contributed by atoms with van der Waals surface area (Å²) in [6, 6.07) is 4.28. The van der Waals surface area contributed by atoms with Crippen LogP contribution in [0.15, 0.2) is 17.0 Å². The maximum absolute atomic E-state index is 5.92. The highest BCUT2D eigenvalue weighted by Crippen LogP contribution is 2.35. The van der Waals surface area contributed by atoms with Crippen molar-refractivity contribution in [2.45, 2.75) is 18.2 Å². The van der Waals surface area contributed by atoms with E-state index in [1.165, 1.54) is 21.8 Å². The van der Waals surface area contributed by atoms with Crippen molar-refractivity contribution in [3.8, 4) is 0 Å². The van der Waals surface area contributed by atoms with E-state index in [2.05, 4.69) is 19.1 Å². The smallest absolute Gasteiger partial charge is 0.0387 e. The molecule has 1 aromatic rings. The van der Waals surface area contributed by atoms with Crippen LogP contribution < -0.4 is 5.73 Å². The van der Waals surface area contributed by atoms with E-state index >= 15 is 0 Å². The van der Waals surface area contributed by atoms with Crippen LogP contribution in [-0.2, 0) is 6.42 Å². The first-order valence-electron chi connectivity index (χ1n) is 3.80. The Hall–Kier alpha value is -0.630. The lowest BCUT2D eigenvalue weighted by Gasteiger charge is -2.05. The molecule has 2 rings (SSSR count). The summed E-state index contributed by atoms with van der Waals surface area (Å²) >= 11 is 1.91. The third-order valence-corrected chi connectivity index (χ3v) is 3.24. The second-order valence-corrected chi connectivity index (χ2v) is 4.01. The molecule has 0 amide bonds. The lowest BCUT2D eigenvalue weighted by atomic mass is 10.1. The van der Waals surface area contributed by atoms with Crippen LogP contribution in [0, 0.1) is 6.92 Å². The number of nitrogens with two attached hydrogens (primary N) is 1. The Morgan fingerprint density at radius 2 is 2.27 bits per heavy atom. The fraction of sp³-hybridized carbons (Fsp3) is 0.333. The van der Waals surface area contributed by atoms with Crippen LogP contribution in [0.1, 0.15) is 11.1 Å². The minimum atomic E-state index is 1.01. The summed E-state index contributed by atoms with van der Waals surface area (Å²) in [4.78, 5) is 1.38. The predicted molar refractivity (Wildman–Crippen MR) is 50.0 cm³/mol. The molecule has 2 N–H and O–H groups in total. The van der Waals surface area contributed by atoms with Crippen LogP contribution in [0.2, 0.25) is 0 Å². The molecule has 0 radical (unpaired) electrons. The molecule has 0 spiro atoms. The SMILES string of the molecule is Cc1ccc2c(c1N)CCS2. The van der Waals surface area contributed by atoms with E-state index in [9.17, 15) is 0 Å². The van der Waals surface area contributed by atoms with Gasteiger partial charge in [0.05, 0.1) is 0 Å². The molecule has 2 heteroatoms. The van der Waals surface area contributed by atoms with Crippen molar-refractivity contribution < 1.29 is 0 Å². The number of benzene rings is 1. The van der Waals surface area contributed by atoms with Crippen molar-refractivity contribution in [1.29, 1.82) is 0 Å². The molecule has 0 bridgehead atoms. The molecule has 0 aliphatic carbocycles. The highest BCUT2D eigenvalue weighted by Gasteiger charge is 2.14. The third-order valence-electron chi connectivity index (χ3n) is 2.14. The molecule has 1 aliphatic rings. The Morgan fingerprint density at radius 3 is 3.09 bits per heavy atom. The van der Waals surface area contributed by atoms with Crippen LogP contribution in [0.3, 0.4) is 0 Å². The van der Waals surface area contributed by atoms with E-state index in [1.54, 1.807) is 0 Å². The molecule has 0 saturated heterocycles. The number of hydrogen-bond acceptors (Lipinski definition) is 2. The first-order chi connectivity index (χ1) is 5.29. The van der Waals surface area contributed by atoms with Crippen LogP contribution in [0.25, 0.3) is 0 Å². The normalized spacial score (nSPS) is 15.0. The molecule has 0 atom stereocenters. The second kappa shape index (κ2) is 2.45. The minimum absolute atomic E-state index is 1.01. The van der Waals surface area contributed by atoms with Gasteiger partial charge < -0.3 is 5.73 Å². The average molecular weight is 165 g/mol. The van der Waals surface area contributed by atoms with Gasteiger partial charge in [-0.15, -0.1) is 11.8 Å². The van der Waals surface area contributed by atoms with Gasteiger partial charge in [-0.1, -0.05) is 6.07 Å². The zero-order chi connectivity index (χ0) is 7.84. The van der Waals surface area contributed by atoms with Gasteiger partial charge in [-0.25, -0.2) is 0 Å². The van der Waals surface area contributed by atoms with E-state index in [4.69, 9.17) is 5.73 Å². The summed E-state index contributed by atoms with van der Waals surface area (Å²) in [5.74, 6) is 1.20. The van der Waals surface area contributed by atoms with E-state index in [0.29, 0.717) is 0 Å². The van der Waals surface area contributed by atoms with Gasteiger partial charge in [-0.3, -0.25) is 0 Å². The molecule has 0 fully saturated rings. The molecule has 0 aromatic heterocycles. The Morgan fingerprint density at radius 1 is 1.45 bits per heavy atom. The molecular formula is C9H11NS. The van der Waals surface area contributed by atoms with E-state index < -0.39 is 0 Å². The first-order valence-corrected chi connectivity index (χ1v) is 4.78. The second-order valence-electron chi connectivity index (χ2n) is 2.87. The average Bonchev–Trinajstić information content (AvgIpc) is 2.45. The van der Waals surface area contributed by atoms with Crippen LogP contribution >= 0.6 is 11.8 Å². The Balaban J connectivity index is 2.62. The molecule has 1 aliphatic heterocycles. The van der Waals surface area contributed by atoms with Gasteiger partial charge in [0.1, 0.15) is 0 Å².